The topological polar surface area (TPSA) is 58.4 Å². The van der Waals surface area contributed by atoms with Crippen molar-refractivity contribution >= 4 is 17.4 Å². The molecule has 2 heterocycles. The summed E-state index contributed by atoms with van der Waals surface area (Å²) in [5.41, 5.74) is 3.60. The largest absolute Gasteiger partial charge is 0.337 e. The van der Waals surface area contributed by atoms with E-state index in [-0.39, 0.29) is 11.4 Å². The predicted octanol–water partition coefficient (Wildman–Crippen LogP) is 3.12. The summed E-state index contributed by atoms with van der Waals surface area (Å²) in [7, 11) is 0. The fourth-order valence-corrected chi connectivity index (χ4v) is 1.91. The molecule has 2 N–H and O–H groups in total. The van der Waals surface area contributed by atoms with Crippen LogP contribution in [0.25, 0.3) is 5.65 Å². The van der Waals surface area contributed by atoms with Crippen LogP contribution < -0.4 is 10.6 Å². The van der Waals surface area contributed by atoms with E-state index in [1.165, 1.54) is 0 Å². The van der Waals surface area contributed by atoms with Crippen molar-refractivity contribution in [2.75, 3.05) is 11.9 Å². The van der Waals surface area contributed by atoms with Crippen LogP contribution in [0, 0.1) is 19.3 Å². The molecular formula is C15H22N4O. The maximum absolute atomic E-state index is 11.9. The van der Waals surface area contributed by atoms with Gasteiger partial charge in [-0.05, 0) is 31.4 Å². The van der Waals surface area contributed by atoms with E-state index in [1.807, 2.05) is 36.6 Å². The van der Waals surface area contributed by atoms with Crippen molar-refractivity contribution in [1.29, 1.82) is 0 Å². The van der Waals surface area contributed by atoms with Gasteiger partial charge in [-0.25, -0.2) is 9.78 Å². The van der Waals surface area contributed by atoms with Crippen LogP contribution in [0.4, 0.5) is 10.5 Å². The van der Waals surface area contributed by atoms with E-state index in [2.05, 4.69) is 36.4 Å². The van der Waals surface area contributed by atoms with Crippen LogP contribution in [0.1, 0.15) is 32.2 Å². The van der Waals surface area contributed by atoms with Crippen LogP contribution in [0.2, 0.25) is 0 Å². The number of urea groups is 1. The van der Waals surface area contributed by atoms with Crippen molar-refractivity contribution in [1.82, 2.24) is 14.7 Å². The Morgan fingerprint density at radius 1 is 1.35 bits per heavy atom. The molecule has 5 heteroatoms. The molecule has 0 aliphatic heterocycles. The quantitative estimate of drug-likeness (QED) is 0.884. The molecule has 2 aromatic heterocycles. The second-order valence-corrected chi connectivity index (χ2v) is 6.27. The molecule has 0 saturated heterocycles. The van der Waals surface area contributed by atoms with Crippen LogP contribution in [0.15, 0.2) is 18.3 Å². The smallest absolute Gasteiger partial charge is 0.319 e. The van der Waals surface area contributed by atoms with Gasteiger partial charge in [-0.3, -0.25) is 0 Å². The summed E-state index contributed by atoms with van der Waals surface area (Å²) in [6.45, 7) is 10.8. The number of hydrogen-bond acceptors (Lipinski definition) is 2. The van der Waals surface area contributed by atoms with Gasteiger partial charge in [-0.15, -0.1) is 0 Å². The number of nitrogens with one attached hydrogen (secondary N) is 2. The number of hydrogen-bond donors (Lipinski definition) is 2. The van der Waals surface area contributed by atoms with Crippen molar-refractivity contribution < 1.29 is 4.79 Å². The van der Waals surface area contributed by atoms with Crippen LogP contribution in [-0.4, -0.2) is 22.0 Å². The zero-order valence-electron chi connectivity index (χ0n) is 12.7. The Labute approximate surface area is 119 Å². The van der Waals surface area contributed by atoms with Crippen LogP contribution in [0.5, 0.6) is 0 Å². The molecule has 0 fully saturated rings. The Morgan fingerprint density at radius 2 is 2.05 bits per heavy atom. The summed E-state index contributed by atoms with van der Waals surface area (Å²) < 4.78 is 1.98. The van der Waals surface area contributed by atoms with E-state index in [1.54, 1.807) is 0 Å². The normalized spacial score (nSPS) is 11.7. The van der Waals surface area contributed by atoms with E-state index in [0.717, 1.165) is 22.7 Å². The Balaban J connectivity index is 2.18. The molecular weight excluding hydrogens is 252 g/mol. The van der Waals surface area contributed by atoms with Crippen molar-refractivity contribution in [2.24, 2.45) is 5.41 Å². The summed E-state index contributed by atoms with van der Waals surface area (Å²) in [5.74, 6) is 0. The van der Waals surface area contributed by atoms with Gasteiger partial charge in [0.05, 0.1) is 11.4 Å². The van der Waals surface area contributed by atoms with Gasteiger partial charge in [-0.1, -0.05) is 20.8 Å². The molecule has 0 spiro atoms. The number of nitrogens with zero attached hydrogens (tertiary/aromatic N) is 2. The molecule has 2 amide bonds. The van der Waals surface area contributed by atoms with E-state index < -0.39 is 0 Å². The van der Waals surface area contributed by atoms with Gasteiger partial charge in [0.2, 0.25) is 0 Å². The lowest BCUT2D eigenvalue weighted by Gasteiger charge is -2.19. The van der Waals surface area contributed by atoms with Crippen molar-refractivity contribution in [3.63, 3.8) is 0 Å². The second kappa shape index (κ2) is 5.15. The summed E-state index contributed by atoms with van der Waals surface area (Å²) in [6.07, 6.45) is 1.95. The molecule has 0 atom stereocenters. The molecule has 0 aliphatic carbocycles. The van der Waals surface area contributed by atoms with E-state index in [0.29, 0.717) is 6.54 Å². The number of amides is 2. The Hall–Kier alpha value is -2.04. The highest BCUT2D eigenvalue weighted by molar-refractivity contribution is 5.93. The third-order valence-corrected chi connectivity index (χ3v) is 3.15. The third kappa shape index (κ3) is 3.10. The fraction of sp³-hybridized carbons (Fsp3) is 0.467. The first-order valence-corrected chi connectivity index (χ1v) is 6.77. The zero-order valence-corrected chi connectivity index (χ0v) is 12.7. The highest BCUT2D eigenvalue weighted by atomic mass is 16.2. The summed E-state index contributed by atoms with van der Waals surface area (Å²) in [6, 6.07) is 3.56. The summed E-state index contributed by atoms with van der Waals surface area (Å²) in [4.78, 5) is 16.4. The number of fused-ring (bicyclic) bond motifs is 1. The van der Waals surface area contributed by atoms with Gasteiger partial charge in [0, 0.05) is 18.4 Å². The number of carbonyl (C=O) groups is 1. The van der Waals surface area contributed by atoms with E-state index in [9.17, 15) is 4.79 Å². The van der Waals surface area contributed by atoms with Crippen molar-refractivity contribution in [2.45, 2.75) is 34.6 Å². The second-order valence-electron chi connectivity index (χ2n) is 6.27. The number of aryl methyl sites for hydroxylation is 2. The minimum absolute atomic E-state index is 0.0594. The van der Waals surface area contributed by atoms with Crippen LogP contribution in [0.3, 0.4) is 0 Å². The van der Waals surface area contributed by atoms with Crippen molar-refractivity contribution in [3.8, 4) is 0 Å². The maximum atomic E-state index is 11.9. The molecule has 0 radical (unpaired) electrons. The molecule has 20 heavy (non-hydrogen) atoms. The highest BCUT2D eigenvalue weighted by Gasteiger charge is 2.14. The first kappa shape index (κ1) is 14.4. The van der Waals surface area contributed by atoms with E-state index >= 15 is 0 Å². The molecule has 2 aromatic rings. The average Bonchev–Trinajstić information content (AvgIpc) is 2.64. The minimum atomic E-state index is -0.202. The monoisotopic (exact) mass is 274 g/mol. The number of aromatic nitrogens is 2. The SMILES string of the molecule is Cc1nc2c(NC(=O)NCC(C)(C)C)cccn2c1C. The molecule has 2 rings (SSSR count). The zero-order chi connectivity index (χ0) is 14.9. The number of rotatable bonds is 2. The molecule has 0 saturated carbocycles. The Bertz CT molecular complexity index is 637. The van der Waals surface area contributed by atoms with E-state index in [4.69, 9.17) is 0 Å². The van der Waals surface area contributed by atoms with Crippen LogP contribution >= 0.6 is 0 Å². The van der Waals surface area contributed by atoms with Gasteiger partial charge in [0.25, 0.3) is 0 Å². The average molecular weight is 274 g/mol. The molecule has 108 valence electrons. The van der Waals surface area contributed by atoms with Crippen molar-refractivity contribution in [3.05, 3.63) is 29.7 Å². The third-order valence-electron chi connectivity index (χ3n) is 3.15. The Kier molecular flexibility index (Phi) is 3.70. The first-order chi connectivity index (χ1) is 9.28. The standard InChI is InChI=1S/C15H22N4O/c1-10-11(2)19-8-6-7-12(13(19)17-10)18-14(20)16-9-15(3,4)5/h6-8H,9H2,1-5H3,(H2,16,18,20). The van der Waals surface area contributed by atoms with Crippen LogP contribution in [-0.2, 0) is 0 Å². The number of imidazole rings is 1. The maximum Gasteiger partial charge on any atom is 0.319 e. The number of anilines is 1. The predicted molar refractivity (Wildman–Crippen MR) is 81.1 cm³/mol. The highest BCUT2D eigenvalue weighted by Crippen LogP contribution is 2.19. The number of carbonyl (C=O) groups excluding carboxylic acids is 1. The van der Waals surface area contributed by atoms with Gasteiger partial charge in [-0.2, -0.15) is 0 Å². The molecule has 0 aromatic carbocycles. The summed E-state index contributed by atoms with van der Waals surface area (Å²) in [5, 5.41) is 5.73. The van der Waals surface area contributed by atoms with Gasteiger partial charge < -0.3 is 15.0 Å². The molecule has 0 unspecified atom stereocenters. The molecule has 5 nitrogen and oxygen atoms in total. The molecule has 0 aliphatic rings. The number of pyridine rings is 1. The van der Waals surface area contributed by atoms with Gasteiger partial charge in [0.1, 0.15) is 0 Å². The Morgan fingerprint density at radius 3 is 2.70 bits per heavy atom. The lowest BCUT2D eigenvalue weighted by Crippen LogP contribution is -2.35. The van der Waals surface area contributed by atoms with Gasteiger partial charge in [0.15, 0.2) is 5.65 Å². The fourth-order valence-electron chi connectivity index (χ4n) is 1.91. The van der Waals surface area contributed by atoms with Gasteiger partial charge >= 0.3 is 6.03 Å². The lowest BCUT2D eigenvalue weighted by atomic mass is 9.97. The minimum Gasteiger partial charge on any atom is -0.337 e. The first-order valence-electron chi connectivity index (χ1n) is 6.77. The summed E-state index contributed by atoms with van der Waals surface area (Å²) >= 11 is 0. The molecule has 0 bridgehead atoms. The lowest BCUT2D eigenvalue weighted by molar-refractivity contribution is 0.247.